The van der Waals surface area contributed by atoms with E-state index in [0.717, 1.165) is 11.1 Å². The molecule has 3 N–H and O–H groups in total. The van der Waals surface area contributed by atoms with Crippen molar-refractivity contribution in [2.45, 2.75) is 32.7 Å². The Labute approximate surface area is 144 Å². The third kappa shape index (κ3) is 4.81. The third-order valence-corrected chi connectivity index (χ3v) is 4.00. The number of aryl methyl sites for hydroxylation is 2. The van der Waals surface area contributed by atoms with Crippen LogP contribution in [0.5, 0.6) is 0 Å². The summed E-state index contributed by atoms with van der Waals surface area (Å²) < 4.78 is 0. The van der Waals surface area contributed by atoms with Gasteiger partial charge in [0, 0.05) is 6.54 Å². The van der Waals surface area contributed by atoms with Crippen molar-refractivity contribution in [3.05, 3.63) is 70.8 Å². The predicted molar refractivity (Wildman–Crippen MR) is 98.0 cm³/mol. The molecule has 2 aromatic carbocycles. The Morgan fingerprint density at radius 3 is 2.35 bits per heavy atom. The van der Waals surface area contributed by atoms with E-state index in [1.54, 1.807) is 0 Å². The van der Waals surface area contributed by atoms with Crippen LogP contribution in [0.3, 0.4) is 0 Å². The van der Waals surface area contributed by atoms with Crippen LogP contribution >= 0.6 is 12.4 Å². The third-order valence-electron chi connectivity index (χ3n) is 4.00. The van der Waals surface area contributed by atoms with Crippen molar-refractivity contribution in [3.8, 4) is 0 Å². The summed E-state index contributed by atoms with van der Waals surface area (Å²) >= 11 is 0. The zero-order chi connectivity index (χ0) is 16.1. The summed E-state index contributed by atoms with van der Waals surface area (Å²) in [6, 6.07) is 15.9. The van der Waals surface area contributed by atoms with Gasteiger partial charge in [-0.2, -0.15) is 0 Å². The van der Waals surface area contributed by atoms with E-state index in [1.807, 2.05) is 37.3 Å². The number of amides is 1. The summed E-state index contributed by atoms with van der Waals surface area (Å²) in [6.07, 6.45) is 0. The fourth-order valence-corrected chi connectivity index (χ4v) is 2.78. The van der Waals surface area contributed by atoms with Crippen molar-refractivity contribution in [2.24, 2.45) is 5.73 Å². The smallest absolute Gasteiger partial charge is 0.229 e. The molecule has 2 aromatic rings. The molecule has 0 aromatic heterocycles. The Kier molecular flexibility index (Phi) is 7.27. The Balaban J connectivity index is 0.00000264. The van der Waals surface area contributed by atoms with Gasteiger partial charge in [0.15, 0.2) is 0 Å². The molecule has 1 amide bonds. The number of rotatable bonds is 5. The van der Waals surface area contributed by atoms with Crippen LogP contribution in [0.1, 0.15) is 41.1 Å². The van der Waals surface area contributed by atoms with Gasteiger partial charge in [0.25, 0.3) is 0 Å². The highest BCUT2D eigenvalue weighted by Gasteiger charge is 2.21. The predicted octanol–water partition coefficient (Wildman–Crippen LogP) is 3.64. The lowest BCUT2D eigenvalue weighted by atomic mass is 9.96. The van der Waals surface area contributed by atoms with Crippen molar-refractivity contribution in [1.82, 2.24) is 5.32 Å². The maximum atomic E-state index is 12.5. The molecule has 0 aliphatic rings. The molecule has 23 heavy (non-hydrogen) atoms. The Morgan fingerprint density at radius 1 is 1.13 bits per heavy atom. The Bertz CT molecular complexity index is 643. The van der Waals surface area contributed by atoms with E-state index in [-0.39, 0.29) is 30.3 Å². The largest absolute Gasteiger partial charge is 0.349 e. The first-order valence-corrected chi connectivity index (χ1v) is 7.65. The number of nitrogens with two attached hydrogens (primary N) is 1. The minimum Gasteiger partial charge on any atom is -0.349 e. The van der Waals surface area contributed by atoms with Crippen molar-refractivity contribution in [1.29, 1.82) is 0 Å². The number of carbonyl (C=O) groups excluding carboxylic acids is 1. The summed E-state index contributed by atoms with van der Waals surface area (Å²) in [5.41, 5.74) is 10.3. The lowest BCUT2D eigenvalue weighted by Gasteiger charge is -2.21. The summed E-state index contributed by atoms with van der Waals surface area (Å²) in [4.78, 5) is 12.5. The number of halogens is 1. The quantitative estimate of drug-likeness (QED) is 0.878. The molecule has 2 atom stereocenters. The number of carbonyl (C=O) groups is 1. The van der Waals surface area contributed by atoms with Gasteiger partial charge in [-0.1, -0.05) is 54.1 Å². The summed E-state index contributed by atoms with van der Waals surface area (Å²) in [7, 11) is 0. The second-order valence-electron chi connectivity index (χ2n) is 5.79. The van der Waals surface area contributed by atoms with Crippen LogP contribution in [0.4, 0.5) is 0 Å². The molecule has 0 bridgehead atoms. The molecule has 0 aliphatic heterocycles. The van der Waals surface area contributed by atoms with E-state index in [4.69, 9.17) is 5.73 Å². The van der Waals surface area contributed by atoms with Crippen molar-refractivity contribution >= 4 is 18.3 Å². The molecule has 0 spiro atoms. The van der Waals surface area contributed by atoms with Crippen molar-refractivity contribution < 1.29 is 4.79 Å². The number of benzene rings is 2. The van der Waals surface area contributed by atoms with Gasteiger partial charge in [0.05, 0.1) is 12.0 Å². The number of hydrogen-bond acceptors (Lipinski definition) is 2. The van der Waals surface area contributed by atoms with Gasteiger partial charge < -0.3 is 11.1 Å². The minimum absolute atomic E-state index is 0. The molecule has 2 unspecified atom stereocenters. The van der Waals surface area contributed by atoms with E-state index < -0.39 is 0 Å². The number of nitrogens with one attached hydrogen (secondary N) is 1. The van der Waals surface area contributed by atoms with E-state index in [9.17, 15) is 4.79 Å². The van der Waals surface area contributed by atoms with E-state index in [2.05, 4.69) is 37.4 Å². The van der Waals surface area contributed by atoms with Gasteiger partial charge in [0.2, 0.25) is 5.91 Å². The van der Waals surface area contributed by atoms with E-state index in [0.29, 0.717) is 6.54 Å². The zero-order valence-electron chi connectivity index (χ0n) is 13.9. The molecule has 2 rings (SSSR count). The first-order valence-electron chi connectivity index (χ1n) is 7.65. The molecule has 0 heterocycles. The summed E-state index contributed by atoms with van der Waals surface area (Å²) in [5.74, 6) is -0.337. The summed E-state index contributed by atoms with van der Waals surface area (Å²) in [6.45, 7) is 6.45. The lowest BCUT2D eigenvalue weighted by molar-refractivity contribution is -0.123. The molecular weight excluding hydrogens is 308 g/mol. The highest BCUT2D eigenvalue weighted by Crippen LogP contribution is 2.21. The van der Waals surface area contributed by atoms with Crippen molar-refractivity contribution in [3.63, 3.8) is 0 Å². The second-order valence-corrected chi connectivity index (χ2v) is 5.79. The van der Waals surface area contributed by atoms with Gasteiger partial charge in [-0.05, 0) is 37.5 Å². The number of hydrogen-bond donors (Lipinski definition) is 2. The maximum absolute atomic E-state index is 12.5. The monoisotopic (exact) mass is 332 g/mol. The van der Waals surface area contributed by atoms with Gasteiger partial charge in [-0.3, -0.25) is 4.79 Å². The standard InChI is InChI=1S/C19H24N2O.ClH/c1-13-9-10-17(14(2)11-13)15(3)21-19(22)18(12-20)16-7-5-4-6-8-16;/h4-11,15,18H,12,20H2,1-3H3,(H,21,22);1H. The molecule has 0 aliphatic carbocycles. The van der Waals surface area contributed by atoms with E-state index >= 15 is 0 Å². The zero-order valence-corrected chi connectivity index (χ0v) is 14.7. The second kappa shape index (κ2) is 8.70. The molecule has 0 fully saturated rings. The van der Waals surface area contributed by atoms with Gasteiger partial charge in [-0.25, -0.2) is 0 Å². The highest BCUT2D eigenvalue weighted by atomic mass is 35.5. The van der Waals surface area contributed by atoms with Gasteiger partial charge >= 0.3 is 0 Å². The van der Waals surface area contributed by atoms with Crippen LogP contribution in [0, 0.1) is 13.8 Å². The molecule has 3 nitrogen and oxygen atoms in total. The first-order chi connectivity index (χ1) is 10.5. The Hall–Kier alpha value is -1.84. The first kappa shape index (κ1) is 19.2. The average molecular weight is 333 g/mol. The van der Waals surface area contributed by atoms with Crippen LogP contribution < -0.4 is 11.1 Å². The molecule has 4 heteroatoms. The lowest BCUT2D eigenvalue weighted by Crippen LogP contribution is -2.35. The van der Waals surface area contributed by atoms with Crippen molar-refractivity contribution in [2.75, 3.05) is 6.54 Å². The van der Waals surface area contributed by atoms with Crippen LogP contribution in [0.2, 0.25) is 0 Å². The average Bonchev–Trinajstić information content (AvgIpc) is 2.48. The minimum atomic E-state index is -0.311. The Morgan fingerprint density at radius 2 is 1.78 bits per heavy atom. The van der Waals surface area contributed by atoms with Gasteiger partial charge in [0.1, 0.15) is 0 Å². The highest BCUT2D eigenvalue weighted by molar-refractivity contribution is 5.85. The fourth-order valence-electron chi connectivity index (χ4n) is 2.78. The topological polar surface area (TPSA) is 55.1 Å². The molecular formula is C19H25ClN2O. The van der Waals surface area contributed by atoms with E-state index in [1.165, 1.54) is 11.1 Å². The molecule has 124 valence electrons. The molecule has 0 saturated carbocycles. The van der Waals surface area contributed by atoms with Crippen LogP contribution in [0.15, 0.2) is 48.5 Å². The summed E-state index contributed by atoms with van der Waals surface area (Å²) in [5, 5.41) is 3.09. The molecule has 0 radical (unpaired) electrons. The maximum Gasteiger partial charge on any atom is 0.229 e. The normalized spacial score (nSPS) is 12.9. The van der Waals surface area contributed by atoms with Crippen LogP contribution in [0.25, 0.3) is 0 Å². The van der Waals surface area contributed by atoms with Crippen LogP contribution in [-0.4, -0.2) is 12.5 Å². The SMILES string of the molecule is Cc1ccc(C(C)NC(=O)C(CN)c2ccccc2)c(C)c1.Cl. The molecule has 0 saturated heterocycles. The van der Waals surface area contributed by atoms with Crippen LogP contribution in [-0.2, 0) is 4.79 Å². The van der Waals surface area contributed by atoms with Gasteiger partial charge in [-0.15, -0.1) is 12.4 Å². The fraction of sp³-hybridized carbons (Fsp3) is 0.316.